The summed E-state index contributed by atoms with van der Waals surface area (Å²) in [5, 5.41) is 3.57. The highest BCUT2D eigenvalue weighted by Crippen LogP contribution is 2.33. The Bertz CT molecular complexity index is 633. The Balaban J connectivity index is 2.92. The summed E-state index contributed by atoms with van der Waals surface area (Å²) < 4.78 is 10.4. The Morgan fingerprint density at radius 2 is 1.79 bits per heavy atom. The fourth-order valence-electron chi connectivity index (χ4n) is 1.97. The summed E-state index contributed by atoms with van der Waals surface area (Å²) in [7, 11) is 1.28. The third-order valence-corrected chi connectivity index (χ3v) is 4.98. The summed E-state index contributed by atoms with van der Waals surface area (Å²) in [6, 6.07) is 3.25. The average Bonchev–Trinajstić information content (AvgIpc) is 2.53. The van der Waals surface area contributed by atoms with Gasteiger partial charge in [-0.1, -0.05) is 37.0 Å². The number of nitrogens with one attached hydrogen (secondary N) is 1. The smallest absolute Gasteiger partial charge is 0.331 e. The maximum atomic E-state index is 12.4. The number of carbonyl (C=O) groups excluding carboxylic acids is 2. The summed E-state index contributed by atoms with van der Waals surface area (Å²) in [6.45, 7) is 8.60. The molecule has 0 saturated carbocycles. The number of carbonyl (C=O) groups is 2. The minimum absolute atomic E-state index is 0.164. The zero-order chi connectivity index (χ0) is 18.7. The zero-order valence-electron chi connectivity index (χ0n) is 14.7. The van der Waals surface area contributed by atoms with Crippen molar-refractivity contribution in [2.75, 3.05) is 7.11 Å². The van der Waals surface area contributed by atoms with Crippen molar-refractivity contribution in [3.05, 3.63) is 27.7 Å². The molecular weight excluding hydrogens is 353 g/mol. The van der Waals surface area contributed by atoms with Crippen LogP contribution in [0.15, 0.2) is 12.1 Å². The fraction of sp³-hybridized carbons (Fsp3) is 0.529. The third kappa shape index (κ3) is 4.33. The molecule has 0 saturated heterocycles. The predicted octanol–water partition coefficient (Wildman–Crippen LogP) is 3.77. The van der Waals surface area contributed by atoms with Crippen LogP contribution in [0.1, 0.15) is 33.3 Å². The van der Waals surface area contributed by atoms with Crippen molar-refractivity contribution in [3.8, 4) is 5.75 Å². The summed E-state index contributed by atoms with van der Waals surface area (Å²) >= 11 is 12.2. The highest BCUT2D eigenvalue weighted by atomic mass is 35.5. The Labute approximate surface area is 152 Å². The van der Waals surface area contributed by atoms with Crippen LogP contribution in [0.2, 0.25) is 10.0 Å². The van der Waals surface area contributed by atoms with E-state index in [0.717, 1.165) is 0 Å². The van der Waals surface area contributed by atoms with Crippen molar-refractivity contribution < 1.29 is 19.1 Å². The van der Waals surface area contributed by atoms with Crippen molar-refractivity contribution in [1.82, 2.24) is 5.32 Å². The molecule has 1 aromatic carbocycles. The van der Waals surface area contributed by atoms with Crippen molar-refractivity contribution in [3.63, 3.8) is 0 Å². The van der Waals surface area contributed by atoms with E-state index in [9.17, 15) is 9.59 Å². The van der Waals surface area contributed by atoms with Gasteiger partial charge in [0.25, 0.3) is 5.91 Å². The van der Waals surface area contributed by atoms with Crippen molar-refractivity contribution in [1.29, 1.82) is 0 Å². The molecule has 0 heterocycles. The SMILES string of the molecule is COC(=O)C(C)(NC(=O)C(C)Oc1ccc(Cl)c(C)c1Cl)C(C)C. The Morgan fingerprint density at radius 3 is 2.29 bits per heavy atom. The van der Waals surface area contributed by atoms with Crippen LogP contribution in [0.5, 0.6) is 5.75 Å². The van der Waals surface area contributed by atoms with Gasteiger partial charge in [0.1, 0.15) is 11.3 Å². The first kappa shape index (κ1) is 20.6. The number of methoxy groups -OCH3 is 1. The van der Waals surface area contributed by atoms with Crippen LogP contribution in [0, 0.1) is 12.8 Å². The number of rotatable bonds is 6. The topological polar surface area (TPSA) is 64.6 Å². The van der Waals surface area contributed by atoms with Gasteiger partial charge in [-0.15, -0.1) is 0 Å². The van der Waals surface area contributed by atoms with Crippen LogP contribution in [0.3, 0.4) is 0 Å². The lowest BCUT2D eigenvalue weighted by Gasteiger charge is -2.32. The molecule has 0 aliphatic carbocycles. The molecule has 2 atom stereocenters. The molecule has 0 bridgehead atoms. The molecule has 0 aliphatic rings. The Morgan fingerprint density at radius 1 is 1.21 bits per heavy atom. The summed E-state index contributed by atoms with van der Waals surface area (Å²) in [6.07, 6.45) is -0.856. The van der Waals surface area contributed by atoms with Crippen molar-refractivity contribution >= 4 is 35.1 Å². The van der Waals surface area contributed by atoms with Gasteiger partial charge in [0, 0.05) is 5.02 Å². The molecule has 1 N–H and O–H groups in total. The first-order valence-electron chi connectivity index (χ1n) is 7.56. The summed E-state index contributed by atoms with van der Waals surface area (Å²) in [5.74, 6) is -0.772. The van der Waals surface area contributed by atoms with Crippen LogP contribution in [0.25, 0.3) is 0 Å². The minimum Gasteiger partial charge on any atom is -0.479 e. The van der Waals surface area contributed by atoms with Gasteiger partial charge in [0.15, 0.2) is 6.10 Å². The molecule has 7 heteroatoms. The Kier molecular flexibility index (Phi) is 6.93. The highest BCUT2D eigenvalue weighted by Gasteiger charge is 2.40. The first-order chi connectivity index (χ1) is 11.0. The number of benzene rings is 1. The number of esters is 1. The molecule has 134 valence electrons. The second-order valence-electron chi connectivity index (χ2n) is 6.08. The average molecular weight is 376 g/mol. The van der Waals surface area contributed by atoms with E-state index in [0.29, 0.717) is 21.4 Å². The summed E-state index contributed by atoms with van der Waals surface area (Å²) in [5.41, 5.74) is -0.478. The number of halogens is 2. The van der Waals surface area contributed by atoms with Gasteiger partial charge in [-0.2, -0.15) is 0 Å². The zero-order valence-corrected chi connectivity index (χ0v) is 16.2. The fourth-order valence-corrected chi connectivity index (χ4v) is 2.39. The van der Waals surface area contributed by atoms with Gasteiger partial charge in [-0.3, -0.25) is 4.79 Å². The van der Waals surface area contributed by atoms with Crippen LogP contribution >= 0.6 is 23.2 Å². The van der Waals surface area contributed by atoms with E-state index in [1.165, 1.54) is 7.11 Å². The summed E-state index contributed by atoms with van der Waals surface area (Å²) in [4.78, 5) is 24.5. The number of ether oxygens (including phenoxy) is 2. The number of amides is 1. The van der Waals surface area contributed by atoms with E-state index in [1.807, 2.05) is 13.8 Å². The minimum atomic E-state index is -1.15. The highest BCUT2D eigenvalue weighted by molar-refractivity contribution is 6.36. The lowest BCUT2D eigenvalue weighted by molar-refractivity contribution is -0.153. The molecular formula is C17H23Cl2NO4. The maximum absolute atomic E-state index is 12.4. The lowest BCUT2D eigenvalue weighted by atomic mass is 9.88. The van der Waals surface area contributed by atoms with Crippen molar-refractivity contribution in [2.45, 2.75) is 46.3 Å². The predicted molar refractivity (Wildman–Crippen MR) is 94.7 cm³/mol. The number of hydrogen-bond donors (Lipinski definition) is 1. The van der Waals surface area contributed by atoms with Gasteiger partial charge in [0.2, 0.25) is 0 Å². The third-order valence-electron chi connectivity index (χ3n) is 4.10. The number of hydrogen-bond acceptors (Lipinski definition) is 4. The molecule has 0 aromatic heterocycles. The van der Waals surface area contributed by atoms with Crippen LogP contribution in [-0.4, -0.2) is 30.6 Å². The second kappa shape index (κ2) is 8.08. The van der Waals surface area contributed by atoms with Gasteiger partial charge >= 0.3 is 5.97 Å². The van der Waals surface area contributed by atoms with E-state index in [1.54, 1.807) is 32.9 Å². The molecule has 1 rings (SSSR count). The van der Waals surface area contributed by atoms with E-state index >= 15 is 0 Å². The Hall–Kier alpha value is -1.46. The largest absolute Gasteiger partial charge is 0.479 e. The molecule has 0 radical (unpaired) electrons. The van der Waals surface area contributed by atoms with Gasteiger partial charge in [-0.05, 0) is 44.4 Å². The van der Waals surface area contributed by atoms with Crippen LogP contribution in [-0.2, 0) is 14.3 Å². The van der Waals surface area contributed by atoms with E-state index < -0.39 is 23.5 Å². The molecule has 5 nitrogen and oxygen atoms in total. The monoisotopic (exact) mass is 375 g/mol. The normalized spacial score (nSPS) is 14.7. The molecule has 2 unspecified atom stereocenters. The lowest BCUT2D eigenvalue weighted by Crippen LogP contribution is -2.58. The maximum Gasteiger partial charge on any atom is 0.331 e. The van der Waals surface area contributed by atoms with Crippen LogP contribution in [0.4, 0.5) is 0 Å². The molecule has 24 heavy (non-hydrogen) atoms. The molecule has 0 aliphatic heterocycles. The van der Waals surface area contributed by atoms with E-state index in [2.05, 4.69) is 5.32 Å². The second-order valence-corrected chi connectivity index (χ2v) is 6.87. The van der Waals surface area contributed by atoms with Gasteiger partial charge < -0.3 is 14.8 Å². The first-order valence-corrected chi connectivity index (χ1v) is 8.31. The quantitative estimate of drug-likeness (QED) is 0.768. The standard InChI is InChI=1S/C17H23Cl2NO4/c1-9(2)17(5,16(22)23-6)20-15(21)11(4)24-13-8-7-12(18)10(3)14(13)19/h7-9,11H,1-6H3,(H,20,21). The molecule has 1 aromatic rings. The van der Waals surface area contributed by atoms with Crippen molar-refractivity contribution in [2.24, 2.45) is 5.92 Å². The van der Waals surface area contributed by atoms with Gasteiger partial charge in [-0.25, -0.2) is 4.79 Å². The van der Waals surface area contributed by atoms with E-state index in [4.69, 9.17) is 32.7 Å². The van der Waals surface area contributed by atoms with Crippen LogP contribution < -0.4 is 10.1 Å². The van der Waals surface area contributed by atoms with E-state index in [-0.39, 0.29) is 5.92 Å². The molecule has 0 spiro atoms. The molecule has 1 amide bonds. The van der Waals surface area contributed by atoms with Gasteiger partial charge in [0.05, 0.1) is 12.1 Å². The molecule has 0 fully saturated rings.